The van der Waals surface area contributed by atoms with Crippen molar-refractivity contribution in [2.45, 2.75) is 38.7 Å². The minimum atomic E-state index is -2.34. The van der Waals surface area contributed by atoms with E-state index in [-0.39, 0.29) is 24.9 Å². The first kappa shape index (κ1) is 21.6. The summed E-state index contributed by atoms with van der Waals surface area (Å²) in [5, 5.41) is 10.8. The number of likely N-dealkylation sites (tertiary alicyclic amines) is 1. The molecule has 10 heteroatoms. The van der Waals surface area contributed by atoms with E-state index >= 15 is 0 Å². The van der Waals surface area contributed by atoms with Gasteiger partial charge in [0.2, 0.25) is 5.91 Å². The molecule has 1 fully saturated rings. The lowest BCUT2D eigenvalue weighted by molar-refractivity contribution is -0.132. The molecule has 4 heterocycles. The number of amides is 1. The third-order valence-electron chi connectivity index (χ3n) is 5.60. The lowest BCUT2D eigenvalue weighted by Gasteiger charge is -2.36. The summed E-state index contributed by atoms with van der Waals surface area (Å²) >= 11 is 1.50. The zero-order valence-electron chi connectivity index (χ0n) is 17.5. The number of carbonyl (C=O) groups is 1. The van der Waals surface area contributed by atoms with Gasteiger partial charge >= 0.3 is 0 Å². The van der Waals surface area contributed by atoms with Crippen molar-refractivity contribution in [1.82, 2.24) is 30.0 Å². The van der Waals surface area contributed by atoms with Crippen molar-refractivity contribution in [2.24, 2.45) is 0 Å². The van der Waals surface area contributed by atoms with Gasteiger partial charge in [-0.25, -0.2) is 8.78 Å². The molecule has 0 N–H and O–H groups in total. The van der Waals surface area contributed by atoms with Crippen molar-refractivity contribution in [2.75, 3.05) is 26.7 Å². The van der Waals surface area contributed by atoms with E-state index in [0.29, 0.717) is 31.6 Å². The van der Waals surface area contributed by atoms with E-state index in [1.165, 1.54) is 11.3 Å². The van der Waals surface area contributed by atoms with Gasteiger partial charge in [-0.1, -0.05) is 11.3 Å². The van der Waals surface area contributed by atoms with Gasteiger partial charge in [0.1, 0.15) is 10.0 Å². The summed E-state index contributed by atoms with van der Waals surface area (Å²) in [5.74, 6) is 0.00525. The lowest BCUT2D eigenvalue weighted by Crippen LogP contribution is -2.47. The molecular weight excluding hydrogens is 422 g/mol. The molecule has 0 spiro atoms. The highest BCUT2D eigenvalue weighted by Crippen LogP contribution is 2.25. The first-order valence-corrected chi connectivity index (χ1v) is 11.0. The Morgan fingerprint density at radius 3 is 2.68 bits per heavy atom. The molecule has 4 rings (SSSR count). The molecule has 1 amide bonds. The Hall–Kier alpha value is -2.59. The number of pyridine rings is 2. The van der Waals surface area contributed by atoms with Gasteiger partial charge in [-0.2, -0.15) is 0 Å². The topological polar surface area (TPSA) is 75.1 Å². The second kappa shape index (κ2) is 9.27. The maximum absolute atomic E-state index is 12.8. The predicted molar refractivity (Wildman–Crippen MR) is 115 cm³/mol. The van der Waals surface area contributed by atoms with Crippen LogP contribution in [0.1, 0.15) is 23.5 Å². The van der Waals surface area contributed by atoms with E-state index in [1.54, 1.807) is 29.2 Å². The first-order valence-electron chi connectivity index (χ1n) is 10.2. The van der Waals surface area contributed by atoms with E-state index in [1.807, 2.05) is 19.1 Å². The van der Waals surface area contributed by atoms with Crippen molar-refractivity contribution in [1.29, 1.82) is 0 Å². The second-order valence-corrected chi connectivity index (χ2v) is 9.02. The average molecular weight is 447 g/mol. The molecule has 1 aliphatic heterocycles. The van der Waals surface area contributed by atoms with Gasteiger partial charge in [0.25, 0.3) is 6.43 Å². The number of rotatable bonds is 6. The van der Waals surface area contributed by atoms with Crippen molar-refractivity contribution in [3.8, 4) is 10.6 Å². The molecule has 3 aromatic rings. The van der Waals surface area contributed by atoms with Crippen LogP contribution in [0.2, 0.25) is 0 Å². The molecule has 0 atom stereocenters. The van der Waals surface area contributed by atoms with Gasteiger partial charge in [0.15, 0.2) is 0 Å². The van der Waals surface area contributed by atoms with Gasteiger partial charge in [-0.15, -0.1) is 10.2 Å². The lowest BCUT2D eigenvalue weighted by atomic mass is 10.0. The molecule has 1 saturated heterocycles. The molecule has 31 heavy (non-hydrogen) atoms. The minimum absolute atomic E-state index is 0.00525. The summed E-state index contributed by atoms with van der Waals surface area (Å²) in [6.45, 7) is 2.83. The van der Waals surface area contributed by atoms with Crippen LogP contribution in [0, 0.1) is 6.92 Å². The Bertz CT molecular complexity index is 1070. The molecule has 0 bridgehead atoms. The summed E-state index contributed by atoms with van der Waals surface area (Å²) in [6, 6.07) is 3.97. The zero-order valence-corrected chi connectivity index (χ0v) is 18.3. The number of alkyl halides is 2. The Morgan fingerprint density at radius 2 is 2.00 bits per heavy atom. The van der Waals surface area contributed by atoms with Gasteiger partial charge in [-0.05, 0) is 38.9 Å². The van der Waals surface area contributed by atoms with E-state index in [2.05, 4.69) is 20.2 Å². The van der Waals surface area contributed by atoms with Gasteiger partial charge < -0.3 is 4.90 Å². The van der Waals surface area contributed by atoms with Crippen LogP contribution in [-0.2, 0) is 11.2 Å². The third-order valence-corrected chi connectivity index (χ3v) is 6.48. The van der Waals surface area contributed by atoms with Crippen LogP contribution >= 0.6 is 11.3 Å². The summed E-state index contributed by atoms with van der Waals surface area (Å²) in [6.07, 6.45) is 2.70. The Balaban J connectivity index is 1.41. The van der Waals surface area contributed by atoms with Gasteiger partial charge in [0.05, 0.1) is 30.4 Å². The van der Waals surface area contributed by atoms with Crippen molar-refractivity contribution >= 4 is 28.1 Å². The first-order chi connectivity index (χ1) is 14.9. The Kier molecular flexibility index (Phi) is 6.47. The van der Waals surface area contributed by atoms with Crippen LogP contribution in [-0.4, -0.2) is 75.0 Å². The van der Waals surface area contributed by atoms with E-state index in [4.69, 9.17) is 0 Å². The van der Waals surface area contributed by atoms with Crippen LogP contribution < -0.4 is 0 Å². The molecule has 1 aliphatic rings. The van der Waals surface area contributed by atoms with Gasteiger partial charge in [0, 0.05) is 36.3 Å². The van der Waals surface area contributed by atoms with Crippen molar-refractivity contribution in [3.63, 3.8) is 0 Å². The SMILES string of the molecule is Cc1nnc(-c2cnc3cnc(CC(=O)N4CCC(N(C)CC(F)F)CC4)cc3c2)s1. The standard InChI is InChI=1S/C21H24F2N6OS/c1-13-26-27-21(31-13)15-7-14-8-16(24-11-18(14)25-10-15)9-20(30)29-5-3-17(4-6-29)28(2)12-19(22)23/h7-8,10-11,17,19H,3-6,9,12H2,1-2H3. The molecule has 0 aliphatic carbocycles. The quantitative estimate of drug-likeness (QED) is 0.579. The van der Waals surface area contributed by atoms with E-state index in [9.17, 15) is 13.6 Å². The number of hydrogen-bond acceptors (Lipinski definition) is 7. The summed E-state index contributed by atoms with van der Waals surface area (Å²) in [4.78, 5) is 25.1. The minimum Gasteiger partial charge on any atom is -0.342 e. The number of aromatic nitrogens is 4. The van der Waals surface area contributed by atoms with E-state index in [0.717, 1.165) is 26.5 Å². The smallest absolute Gasteiger partial charge is 0.251 e. The van der Waals surface area contributed by atoms with E-state index < -0.39 is 6.43 Å². The van der Waals surface area contributed by atoms with Crippen molar-refractivity contribution < 1.29 is 13.6 Å². The largest absolute Gasteiger partial charge is 0.342 e. The molecule has 7 nitrogen and oxygen atoms in total. The Labute approximate surface area is 183 Å². The fourth-order valence-electron chi connectivity index (χ4n) is 3.89. The number of carbonyl (C=O) groups excluding carboxylic acids is 1. The number of aryl methyl sites for hydroxylation is 1. The highest BCUT2D eigenvalue weighted by Gasteiger charge is 2.26. The van der Waals surface area contributed by atoms with Crippen LogP contribution in [0.15, 0.2) is 24.5 Å². The number of fused-ring (bicyclic) bond motifs is 1. The fraction of sp³-hybridized carbons (Fsp3) is 0.476. The van der Waals surface area contributed by atoms with Crippen LogP contribution in [0.25, 0.3) is 21.5 Å². The predicted octanol–water partition coefficient (Wildman–Crippen LogP) is 3.19. The van der Waals surface area contributed by atoms with Crippen LogP contribution in [0.5, 0.6) is 0 Å². The maximum atomic E-state index is 12.8. The molecule has 3 aromatic heterocycles. The van der Waals surface area contributed by atoms with Crippen LogP contribution in [0.4, 0.5) is 8.78 Å². The number of halogens is 2. The summed E-state index contributed by atoms with van der Waals surface area (Å²) in [5.41, 5.74) is 2.32. The zero-order chi connectivity index (χ0) is 22.0. The molecule has 0 radical (unpaired) electrons. The highest BCUT2D eigenvalue weighted by molar-refractivity contribution is 7.14. The normalized spacial score (nSPS) is 15.4. The summed E-state index contributed by atoms with van der Waals surface area (Å²) in [7, 11) is 1.72. The summed E-state index contributed by atoms with van der Waals surface area (Å²) < 4.78 is 25.2. The third kappa shape index (κ3) is 5.19. The fourth-order valence-corrected chi connectivity index (χ4v) is 4.57. The Morgan fingerprint density at radius 1 is 1.23 bits per heavy atom. The monoisotopic (exact) mass is 446 g/mol. The molecule has 0 saturated carbocycles. The molecule has 0 unspecified atom stereocenters. The number of piperidine rings is 1. The number of nitrogens with zero attached hydrogens (tertiary/aromatic N) is 6. The molecular formula is C21H24F2N6OS. The average Bonchev–Trinajstić information content (AvgIpc) is 3.19. The van der Waals surface area contributed by atoms with Crippen LogP contribution in [0.3, 0.4) is 0 Å². The maximum Gasteiger partial charge on any atom is 0.251 e. The van der Waals surface area contributed by atoms with Gasteiger partial charge in [-0.3, -0.25) is 19.7 Å². The molecule has 164 valence electrons. The second-order valence-electron chi connectivity index (χ2n) is 7.84. The van der Waals surface area contributed by atoms with Crippen molar-refractivity contribution in [3.05, 3.63) is 35.2 Å². The molecule has 0 aromatic carbocycles. The highest BCUT2D eigenvalue weighted by atomic mass is 32.1. The number of hydrogen-bond donors (Lipinski definition) is 0.